The fourth-order valence-electron chi connectivity index (χ4n) is 2.18. The van der Waals surface area contributed by atoms with E-state index in [4.69, 9.17) is 5.11 Å². The van der Waals surface area contributed by atoms with Gasteiger partial charge in [0.15, 0.2) is 5.69 Å². The molecule has 1 N–H and O–H groups in total. The quantitative estimate of drug-likeness (QED) is 0.909. The molecule has 1 aliphatic heterocycles. The number of hydrogen-bond acceptors (Lipinski definition) is 4. The van der Waals surface area contributed by atoms with E-state index >= 15 is 0 Å². The molecule has 0 unspecified atom stereocenters. The lowest BCUT2D eigenvalue weighted by Crippen LogP contribution is -2.27. The number of fused-ring (bicyclic) bond motifs is 1. The van der Waals surface area contributed by atoms with Crippen molar-refractivity contribution in [3.8, 4) is 0 Å². The van der Waals surface area contributed by atoms with E-state index in [-0.39, 0.29) is 16.5 Å². The molecule has 0 radical (unpaired) electrons. The summed E-state index contributed by atoms with van der Waals surface area (Å²) in [6.07, 6.45) is 0. The summed E-state index contributed by atoms with van der Waals surface area (Å²) in [5.74, 6) is -1.43. The molecule has 2 heterocycles. The molecule has 0 aliphatic carbocycles. The number of amides is 1. The first-order valence-electron chi connectivity index (χ1n) is 5.69. The third-order valence-electron chi connectivity index (χ3n) is 3.09. The Kier molecular flexibility index (Phi) is 2.79. The molecule has 0 saturated heterocycles. The Morgan fingerprint density at radius 3 is 2.42 bits per heavy atom. The van der Waals surface area contributed by atoms with Gasteiger partial charge in [-0.15, -0.1) is 11.3 Å². The summed E-state index contributed by atoms with van der Waals surface area (Å²) in [7, 11) is 0. The summed E-state index contributed by atoms with van der Waals surface area (Å²) in [5, 5.41) is 9.02. The van der Waals surface area contributed by atoms with Crippen molar-refractivity contribution in [3.63, 3.8) is 0 Å². The number of aromatic nitrogens is 1. The van der Waals surface area contributed by atoms with Crippen molar-refractivity contribution in [2.45, 2.75) is 13.1 Å². The lowest BCUT2D eigenvalue weighted by molar-refractivity contribution is 0.0677. The molecule has 0 fully saturated rings. The van der Waals surface area contributed by atoms with Gasteiger partial charge in [-0.3, -0.25) is 4.79 Å². The summed E-state index contributed by atoms with van der Waals surface area (Å²) in [6, 6.07) is 7.81. The number of carbonyl (C=O) groups excluding carboxylic acids is 1. The molecule has 19 heavy (non-hydrogen) atoms. The van der Waals surface area contributed by atoms with E-state index in [0.29, 0.717) is 13.1 Å². The van der Waals surface area contributed by atoms with Gasteiger partial charge in [-0.05, 0) is 11.1 Å². The highest BCUT2D eigenvalue weighted by molar-refractivity contribution is 7.12. The van der Waals surface area contributed by atoms with Crippen LogP contribution in [0.2, 0.25) is 0 Å². The lowest BCUT2D eigenvalue weighted by Gasteiger charge is -2.14. The van der Waals surface area contributed by atoms with E-state index in [9.17, 15) is 9.59 Å². The number of benzene rings is 1. The molecule has 1 amide bonds. The van der Waals surface area contributed by atoms with Crippen LogP contribution in [-0.4, -0.2) is 26.9 Å². The van der Waals surface area contributed by atoms with Gasteiger partial charge in [0.2, 0.25) is 0 Å². The van der Waals surface area contributed by atoms with Gasteiger partial charge in [0.1, 0.15) is 4.88 Å². The summed E-state index contributed by atoms with van der Waals surface area (Å²) in [5.41, 5.74) is 3.62. The SMILES string of the molecule is O=C(O)c1scnc1C(=O)N1Cc2ccccc2C1. The minimum absolute atomic E-state index is 0.000885. The van der Waals surface area contributed by atoms with Crippen molar-refractivity contribution in [1.82, 2.24) is 9.88 Å². The third kappa shape index (κ3) is 2.00. The normalized spacial score (nSPS) is 13.4. The van der Waals surface area contributed by atoms with Crippen LogP contribution in [-0.2, 0) is 13.1 Å². The maximum Gasteiger partial charge on any atom is 0.348 e. The zero-order valence-corrected chi connectivity index (χ0v) is 10.7. The Hall–Kier alpha value is -2.21. The molecule has 1 aliphatic rings. The van der Waals surface area contributed by atoms with Crippen LogP contribution in [0.1, 0.15) is 31.3 Å². The van der Waals surface area contributed by atoms with Crippen molar-refractivity contribution in [1.29, 1.82) is 0 Å². The molecule has 0 saturated carbocycles. The fraction of sp³-hybridized carbons (Fsp3) is 0.154. The van der Waals surface area contributed by atoms with Crippen LogP contribution < -0.4 is 0 Å². The van der Waals surface area contributed by atoms with Gasteiger partial charge >= 0.3 is 5.97 Å². The van der Waals surface area contributed by atoms with Gasteiger partial charge in [0.05, 0.1) is 5.51 Å². The van der Waals surface area contributed by atoms with Crippen LogP contribution in [0, 0.1) is 0 Å². The highest BCUT2D eigenvalue weighted by Crippen LogP contribution is 2.25. The number of carboxylic acid groups (broad SMARTS) is 1. The molecule has 96 valence electrons. The maximum absolute atomic E-state index is 12.3. The zero-order chi connectivity index (χ0) is 13.4. The highest BCUT2D eigenvalue weighted by atomic mass is 32.1. The molecule has 3 rings (SSSR count). The first-order valence-corrected chi connectivity index (χ1v) is 6.57. The Labute approximate surface area is 113 Å². The van der Waals surface area contributed by atoms with E-state index in [1.54, 1.807) is 4.90 Å². The van der Waals surface area contributed by atoms with Crippen molar-refractivity contribution in [3.05, 3.63) is 51.5 Å². The molecule has 2 aromatic rings. The minimum Gasteiger partial charge on any atom is -0.477 e. The van der Waals surface area contributed by atoms with Crippen LogP contribution >= 0.6 is 11.3 Å². The Balaban J connectivity index is 1.87. The first kappa shape index (κ1) is 11.9. The van der Waals surface area contributed by atoms with Gasteiger partial charge in [0, 0.05) is 13.1 Å². The van der Waals surface area contributed by atoms with Crippen molar-refractivity contribution in [2.75, 3.05) is 0 Å². The predicted octanol–water partition coefficient (Wildman–Crippen LogP) is 2.00. The number of hydrogen-bond donors (Lipinski definition) is 1. The van der Waals surface area contributed by atoms with Gasteiger partial charge < -0.3 is 10.0 Å². The molecule has 5 nitrogen and oxygen atoms in total. The van der Waals surface area contributed by atoms with E-state index in [1.807, 2.05) is 24.3 Å². The molecule has 6 heteroatoms. The average molecular weight is 274 g/mol. The predicted molar refractivity (Wildman–Crippen MR) is 69.1 cm³/mol. The zero-order valence-electron chi connectivity index (χ0n) is 9.87. The highest BCUT2D eigenvalue weighted by Gasteiger charge is 2.28. The Morgan fingerprint density at radius 1 is 1.21 bits per heavy atom. The van der Waals surface area contributed by atoms with Crippen LogP contribution in [0.4, 0.5) is 0 Å². The van der Waals surface area contributed by atoms with E-state index in [0.717, 1.165) is 22.5 Å². The van der Waals surface area contributed by atoms with Crippen molar-refractivity contribution >= 4 is 23.2 Å². The third-order valence-corrected chi connectivity index (χ3v) is 3.91. The number of carbonyl (C=O) groups is 2. The topological polar surface area (TPSA) is 70.5 Å². The number of rotatable bonds is 2. The summed E-state index contributed by atoms with van der Waals surface area (Å²) >= 11 is 0.970. The van der Waals surface area contributed by atoms with Crippen molar-refractivity contribution in [2.24, 2.45) is 0 Å². The van der Waals surface area contributed by atoms with Crippen LogP contribution in [0.15, 0.2) is 29.8 Å². The molecular weight excluding hydrogens is 264 g/mol. The molecule has 1 aromatic carbocycles. The summed E-state index contributed by atoms with van der Waals surface area (Å²) in [4.78, 5) is 28.8. The number of thiazole rings is 1. The summed E-state index contributed by atoms with van der Waals surface area (Å²) in [6.45, 7) is 1.01. The van der Waals surface area contributed by atoms with E-state index < -0.39 is 5.97 Å². The van der Waals surface area contributed by atoms with Gasteiger partial charge in [-0.1, -0.05) is 24.3 Å². The van der Waals surface area contributed by atoms with Gasteiger partial charge in [-0.25, -0.2) is 9.78 Å². The molecule has 1 aromatic heterocycles. The number of aromatic carboxylic acids is 1. The maximum atomic E-state index is 12.3. The smallest absolute Gasteiger partial charge is 0.348 e. The van der Waals surface area contributed by atoms with Gasteiger partial charge in [-0.2, -0.15) is 0 Å². The van der Waals surface area contributed by atoms with E-state index in [1.165, 1.54) is 5.51 Å². The largest absolute Gasteiger partial charge is 0.477 e. The monoisotopic (exact) mass is 274 g/mol. The number of carboxylic acids is 1. The first-order chi connectivity index (χ1) is 9.16. The van der Waals surface area contributed by atoms with E-state index in [2.05, 4.69) is 4.98 Å². The second-order valence-corrected chi connectivity index (χ2v) is 5.12. The van der Waals surface area contributed by atoms with Crippen LogP contribution in [0.5, 0.6) is 0 Å². The summed E-state index contributed by atoms with van der Waals surface area (Å²) < 4.78 is 0. The Bertz CT molecular complexity index is 640. The molecular formula is C13H10N2O3S. The van der Waals surface area contributed by atoms with Crippen LogP contribution in [0.25, 0.3) is 0 Å². The average Bonchev–Trinajstić information content (AvgIpc) is 3.04. The molecule has 0 atom stereocenters. The standard InChI is InChI=1S/C13H10N2O3S/c16-12(10-11(13(17)18)19-7-14-10)15-5-8-3-1-2-4-9(8)6-15/h1-4,7H,5-6H2,(H,17,18). The fourth-order valence-corrected chi connectivity index (χ4v) is 2.79. The minimum atomic E-state index is -1.11. The second-order valence-electron chi connectivity index (χ2n) is 4.27. The molecule has 0 spiro atoms. The second kappa shape index (κ2) is 4.47. The van der Waals surface area contributed by atoms with Gasteiger partial charge in [0.25, 0.3) is 5.91 Å². The van der Waals surface area contributed by atoms with Crippen molar-refractivity contribution < 1.29 is 14.7 Å². The lowest BCUT2D eigenvalue weighted by atomic mass is 10.1. The number of nitrogens with zero attached hydrogens (tertiary/aromatic N) is 2. The van der Waals surface area contributed by atoms with Crippen LogP contribution in [0.3, 0.4) is 0 Å². The Morgan fingerprint density at radius 2 is 1.84 bits per heavy atom. The molecule has 0 bridgehead atoms.